The number of nitrogen functional groups attached to an aromatic ring is 1. The monoisotopic (exact) mass is 416 g/mol. The summed E-state index contributed by atoms with van der Waals surface area (Å²) < 4.78 is 26.4. The molecular weight excluding hydrogens is 396 g/mol. The third kappa shape index (κ3) is 4.91. The first-order valence-electron chi connectivity index (χ1n) is 8.53. The Morgan fingerprint density at radius 1 is 1.00 bits per heavy atom. The number of hydrogen-bond donors (Lipinski definition) is 2. The van der Waals surface area contributed by atoms with E-state index in [2.05, 4.69) is 4.72 Å². The smallest absolute Gasteiger partial charge is 0.176 e. The van der Waals surface area contributed by atoms with Crippen molar-refractivity contribution in [3.05, 3.63) is 71.2 Å². The van der Waals surface area contributed by atoms with Crippen molar-refractivity contribution < 1.29 is 14.0 Å². The number of hydrogen-bond acceptors (Lipinski definition) is 5. The zero-order chi connectivity index (χ0) is 20.1. The summed E-state index contributed by atoms with van der Waals surface area (Å²) in [5.41, 5.74) is 9.20. The Balaban J connectivity index is 1.79. The maximum atomic E-state index is 12.8. The fourth-order valence-corrected chi connectivity index (χ4v) is 3.91. The topological polar surface area (TPSA) is 79.6 Å². The molecule has 0 bridgehead atoms. The molecule has 0 aliphatic rings. The highest BCUT2D eigenvalue weighted by Crippen LogP contribution is 2.28. The van der Waals surface area contributed by atoms with Crippen molar-refractivity contribution in [2.75, 3.05) is 20.0 Å². The molecule has 146 valence electrons. The van der Waals surface area contributed by atoms with Gasteiger partial charge in [0, 0.05) is 34.5 Å². The number of ether oxygens (including phenoxy) is 2. The van der Waals surface area contributed by atoms with Crippen LogP contribution in [0, 0.1) is 0 Å². The minimum Gasteiger partial charge on any atom is -0.593 e. The van der Waals surface area contributed by atoms with Crippen LogP contribution in [-0.2, 0) is 17.9 Å². The number of rotatable bonds is 7. The summed E-state index contributed by atoms with van der Waals surface area (Å²) in [6.07, 6.45) is 0. The molecule has 0 amide bonds. The average molecular weight is 417 g/mol. The lowest BCUT2D eigenvalue weighted by Crippen LogP contribution is -2.23. The minimum absolute atomic E-state index is 0.362. The minimum atomic E-state index is -1.45. The van der Waals surface area contributed by atoms with Gasteiger partial charge >= 0.3 is 0 Å². The van der Waals surface area contributed by atoms with E-state index < -0.39 is 11.4 Å². The molecular formula is C21H21ClN2O3S. The predicted octanol–water partition coefficient (Wildman–Crippen LogP) is 4.42. The molecule has 0 saturated heterocycles. The van der Waals surface area contributed by atoms with Crippen LogP contribution >= 0.6 is 11.6 Å². The highest BCUT2D eigenvalue weighted by atomic mass is 35.5. The molecule has 1 unspecified atom stereocenters. The second-order valence-electron chi connectivity index (χ2n) is 6.07. The quantitative estimate of drug-likeness (QED) is 0.440. The summed E-state index contributed by atoms with van der Waals surface area (Å²) in [5, 5.41) is 0.632. The van der Waals surface area contributed by atoms with Crippen molar-refractivity contribution in [1.29, 1.82) is 0 Å². The first-order valence-corrected chi connectivity index (χ1v) is 10.1. The molecule has 0 aliphatic heterocycles. The van der Waals surface area contributed by atoms with Gasteiger partial charge in [-0.05, 0) is 35.4 Å². The standard InChI is InChI=1S/C21H21ClN2O3S/c1-26-19-7-6-15(21(12-19)27-2)13-24-28(25)20-10-16(9-18(23)11-20)14-4-3-5-17(22)8-14/h3-12,24H,13,23H2,1-2H3. The van der Waals surface area contributed by atoms with Gasteiger partial charge in [0.1, 0.15) is 11.5 Å². The average Bonchev–Trinajstić information content (AvgIpc) is 2.71. The summed E-state index contributed by atoms with van der Waals surface area (Å²) in [6.45, 7) is 0.362. The van der Waals surface area contributed by atoms with Crippen molar-refractivity contribution >= 4 is 28.7 Å². The number of nitrogens with two attached hydrogens (primary N) is 1. The van der Waals surface area contributed by atoms with E-state index in [1.54, 1.807) is 32.4 Å². The fourth-order valence-electron chi connectivity index (χ4n) is 2.79. The van der Waals surface area contributed by atoms with E-state index in [1.807, 2.05) is 42.5 Å². The highest BCUT2D eigenvalue weighted by Gasteiger charge is 2.16. The normalized spacial score (nSPS) is 11.9. The molecule has 0 aliphatic carbocycles. The molecule has 0 radical (unpaired) electrons. The van der Waals surface area contributed by atoms with Gasteiger partial charge in [-0.1, -0.05) is 29.8 Å². The Hall–Kier alpha value is -2.38. The van der Waals surface area contributed by atoms with Gasteiger partial charge in [0.15, 0.2) is 4.90 Å². The van der Waals surface area contributed by atoms with E-state index >= 15 is 0 Å². The maximum absolute atomic E-state index is 12.8. The predicted molar refractivity (Wildman–Crippen MR) is 114 cm³/mol. The molecule has 3 N–H and O–H groups in total. The molecule has 5 nitrogen and oxygen atoms in total. The molecule has 3 rings (SSSR count). The van der Waals surface area contributed by atoms with Gasteiger partial charge in [0.05, 0.1) is 32.1 Å². The maximum Gasteiger partial charge on any atom is 0.176 e. The second-order valence-corrected chi connectivity index (χ2v) is 7.80. The van der Waals surface area contributed by atoms with Gasteiger partial charge in [-0.25, -0.2) is 0 Å². The van der Waals surface area contributed by atoms with Gasteiger partial charge in [-0.15, -0.1) is 4.72 Å². The summed E-state index contributed by atoms with van der Waals surface area (Å²) >= 11 is 4.63. The van der Waals surface area contributed by atoms with Crippen molar-refractivity contribution in [3.63, 3.8) is 0 Å². The number of anilines is 1. The van der Waals surface area contributed by atoms with Crippen LogP contribution in [0.5, 0.6) is 11.5 Å². The number of benzene rings is 3. The lowest BCUT2D eigenvalue weighted by molar-refractivity contribution is 0.390. The van der Waals surface area contributed by atoms with Crippen molar-refractivity contribution in [3.8, 4) is 22.6 Å². The van der Waals surface area contributed by atoms with Crippen molar-refractivity contribution in [1.82, 2.24) is 4.72 Å². The zero-order valence-corrected chi connectivity index (χ0v) is 17.1. The SMILES string of the molecule is COc1ccc(CN[S+]([O-])c2cc(N)cc(-c3cccc(Cl)c3)c2)c(OC)c1. The summed E-state index contributed by atoms with van der Waals surface area (Å²) in [7, 11) is 3.18. The van der Waals surface area contributed by atoms with Crippen LogP contribution in [0.15, 0.2) is 65.6 Å². The molecule has 28 heavy (non-hydrogen) atoms. The Morgan fingerprint density at radius 2 is 1.82 bits per heavy atom. The summed E-state index contributed by atoms with van der Waals surface area (Å²) in [5.74, 6) is 1.36. The van der Waals surface area contributed by atoms with E-state index in [4.69, 9.17) is 26.8 Å². The molecule has 1 atom stereocenters. The molecule has 0 heterocycles. The molecule has 0 spiro atoms. The molecule has 0 aromatic heterocycles. The first-order chi connectivity index (χ1) is 13.5. The van der Waals surface area contributed by atoms with Crippen LogP contribution in [-0.4, -0.2) is 18.8 Å². The van der Waals surface area contributed by atoms with Gasteiger partial charge in [0.25, 0.3) is 0 Å². The van der Waals surface area contributed by atoms with E-state index in [-0.39, 0.29) is 0 Å². The molecule has 3 aromatic carbocycles. The highest BCUT2D eigenvalue weighted by molar-refractivity contribution is 7.89. The van der Waals surface area contributed by atoms with Crippen LogP contribution in [0.2, 0.25) is 5.02 Å². The van der Waals surface area contributed by atoms with Gasteiger partial charge in [-0.3, -0.25) is 0 Å². The lowest BCUT2D eigenvalue weighted by Gasteiger charge is -2.15. The fraction of sp³-hybridized carbons (Fsp3) is 0.143. The van der Waals surface area contributed by atoms with Crippen molar-refractivity contribution in [2.24, 2.45) is 0 Å². The number of nitrogens with one attached hydrogen (secondary N) is 1. The summed E-state index contributed by atoms with van der Waals surface area (Å²) in [4.78, 5) is 0.586. The van der Waals surface area contributed by atoms with Crippen LogP contribution in [0.25, 0.3) is 11.1 Å². The lowest BCUT2D eigenvalue weighted by atomic mass is 10.1. The Bertz CT molecular complexity index is 968. The van der Waals surface area contributed by atoms with Crippen molar-refractivity contribution in [2.45, 2.75) is 11.4 Å². The molecule has 7 heteroatoms. The van der Waals surface area contributed by atoms with E-state index in [1.165, 1.54) is 0 Å². The Morgan fingerprint density at radius 3 is 2.54 bits per heavy atom. The van der Waals surface area contributed by atoms with Crippen LogP contribution < -0.4 is 19.9 Å². The first kappa shape index (κ1) is 20.4. The Kier molecular flexibility index (Phi) is 6.70. The zero-order valence-electron chi connectivity index (χ0n) is 15.6. The van der Waals surface area contributed by atoms with E-state index in [0.29, 0.717) is 33.6 Å². The Labute approximate surface area is 172 Å². The molecule has 3 aromatic rings. The van der Waals surface area contributed by atoms with Crippen LogP contribution in [0.3, 0.4) is 0 Å². The third-order valence-corrected chi connectivity index (χ3v) is 5.49. The van der Waals surface area contributed by atoms with Gasteiger partial charge in [-0.2, -0.15) is 0 Å². The number of methoxy groups -OCH3 is 2. The van der Waals surface area contributed by atoms with Gasteiger partial charge in [0.2, 0.25) is 0 Å². The third-order valence-electron chi connectivity index (χ3n) is 4.19. The molecule has 0 fully saturated rings. The van der Waals surface area contributed by atoms with E-state index in [9.17, 15) is 4.55 Å². The second kappa shape index (κ2) is 9.21. The van der Waals surface area contributed by atoms with E-state index in [0.717, 1.165) is 16.7 Å². The van der Waals surface area contributed by atoms with Crippen LogP contribution in [0.1, 0.15) is 5.56 Å². The largest absolute Gasteiger partial charge is 0.593 e. The molecule has 0 saturated carbocycles. The number of halogens is 1. The van der Waals surface area contributed by atoms with Gasteiger partial charge < -0.3 is 19.8 Å². The van der Waals surface area contributed by atoms with Crippen LogP contribution in [0.4, 0.5) is 5.69 Å². The summed E-state index contributed by atoms with van der Waals surface area (Å²) in [6, 6.07) is 18.3.